The van der Waals surface area contributed by atoms with Crippen LogP contribution in [0.5, 0.6) is 0 Å². The van der Waals surface area contributed by atoms with Crippen LogP contribution in [0.2, 0.25) is 0 Å². The van der Waals surface area contributed by atoms with E-state index in [0.29, 0.717) is 19.6 Å². The fraction of sp³-hybridized carbons (Fsp3) is 0.632. The molecule has 0 aromatic heterocycles. The van der Waals surface area contributed by atoms with Crippen molar-refractivity contribution < 1.29 is 18.7 Å². The number of benzene rings is 1. The van der Waals surface area contributed by atoms with Gasteiger partial charge in [0.15, 0.2) is 0 Å². The summed E-state index contributed by atoms with van der Waals surface area (Å²) >= 11 is 0. The minimum absolute atomic E-state index is 0.0380. The molecule has 0 saturated carbocycles. The third kappa shape index (κ3) is 6.63. The second kappa shape index (κ2) is 9.15. The molecular formula is C19H29FN2O3. The van der Waals surface area contributed by atoms with Gasteiger partial charge in [0.05, 0.1) is 19.3 Å². The number of likely N-dealkylation sites (tertiary alicyclic amines) is 1. The number of hydrogen-bond acceptors (Lipinski definition) is 4. The van der Waals surface area contributed by atoms with Crippen LogP contribution in [0.4, 0.5) is 9.18 Å². The van der Waals surface area contributed by atoms with Crippen molar-refractivity contribution in [2.75, 3.05) is 26.4 Å². The highest BCUT2D eigenvalue weighted by molar-refractivity contribution is 5.68. The van der Waals surface area contributed by atoms with E-state index in [9.17, 15) is 9.18 Å². The molecule has 25 heavy (non-hydrogen) atoms. The van der Waals surface area contributed by atoms with Crippen molar-refractivity contribution in [2.45, 2.75) is 51.5 Å². The molecule has 2 unspecified atom stereocenters. The van der Waals surface area contributed by atoms with Crippen molar-refractivity contribution in [2.24, 2.45) is 0 Å². The predicted molar refractivity (Wildman–Crippen MR) is 95.2 cm³/mol. The Labute approximate surface area is 149 Å². The van der Waals surface area contributed by atoms with Gasteiger partial charge in [-0.25, -0.2) is 9.18 Å². The van der Waals surface area contributed by atoms with Gasteiger partial charge < -0.3 is 19.7 Å². The van der Waals surface area contributed by atoms with Crippen LogP contribution in [0.25, 0.3) is 0 Å². The molecule has 1 aliphatic rings. The highest BCUT2D eigenvalue weighted by Gasteiger charge is 2.33. The van der Waals surface area contributed by atoms with E-state index >= 15 is 0 Å². The Morgan fingerprint density at radius 2 is 2.04 bits per heavy atom. The Hall–Kier alpha value is -1.66. The highest BCUT2D eigenvalue weighted by Crippen LogP contribution is 2.18. The minimum atomic E-state index is -0.533. The van der Waals surface area contributed by atoms with Crippen LogP contribution in [0.3, 0.4) is 0 Å². The summed E-state index contributed by atoms with van der Waals surface area (Å²) < 4.78 is 23.6. The molecule has 1 amide bonds. The van der Waals surface area contributed by atoms with E-state index in [1.54, 1.807) is 4.90 Å². The number of carbonyl (C=O) groups excluding carboxylic acids is 1. The highest BCUT2D eigenvalue weighted by atomic mass is 19.1. The first-order valence-corrected chi connectivity index (χ1v) is 8.82. The Morgan fingerprint density at radius 1 is 1.32 bits per heavy atom. The van der Waals surface area contributed by atoms with Gasteiger partial charge in [-0.15, -0.1) is 0 Å². The van der Waals surface area contributed by atoms with E-state index in [0.717, 1.165) is 6.42 Å². The van der Waals surface area contributed by atoms with Gasteiger partial charge in [0.1, 0.15) is 12.3 Å². The Bertz CT molecular complexity index is 533. The molecular weight excluding hydrogens is 323 g/mol. The van der Waals surface area contributed by atoms with Gasteiger partial charge in [-0.1, -0.05) is 30.3 Å². The lowest BCUT2D eigenvalue weighted by Gasteiger charge is -2.39. The molecule has 0 spiro atoms. The summed E-state index contributed by atoms with van der Waals surface area (Å²) in [5, 5.41) is 3.48. The lowest BCUT2D eigenvalue weighted by molar-refractivity contribution is -0.0375. The number of amides is 1. The first-order valence-electron chi connectivity index (χ1n) is 8.82. The van der Waals surface area contributed by atoms with E-state index in [4.69, 9.17) is 9.47 Å². The second-order valence-electron chi connectivity index (χ2n) is 7.29. The molecule has 2 rings (SSSR count). The fourth-order valence-corrected chi connectivity index (χ4v) is 2.85. The summed E-state index contributed by atoms with van der Waals surface area (Å²) in [6, 6.07) is 10.2. The van der Waals surface area contributed by atoms with Gasteiger partial charge in [0.25, 0.3) is 0 Å². The number of ether oxygens (including phenoxy) is 2. The van der Waals surface area contributed by atoms with E-state index in [2.05, 4.69) is 17.4 Å². The molecule has 1 fully saturated rings. The maximum absolute atomic E-state index is 12.6. The van der Waals surface area contributed by atoms with E-state index in [-0.39, 0.29) is 24.8 Å². The molecule has 0 radical (unpaired) electrons. The number of nitrogens with one attached hydrogen (secondary N) is 1. The zero-order valence-electron chi connectivity index (χ0n) is 15.3. The summed E-state index contributed by atoms with van der Waals surface area (Å²) in [5.41, 5.74) is 0.649. The topological polar surface area (TPSA) is 50.8 Å². The lowest BCUT2D eigenvalue weighted by atomic mass is 10.0. The first-order chi connectivity index (χ1) is 11.9. The van der Waals surface area contributed by atoms with E-state index < -0.39 is 12.3 Å². The quantitative estimate of drug-likeness (QED) is 0.855. The smallest absolute Gasteiger partial charge is 0.410 e. The zero-order valence-corrected chi connectivity index (χ0v) is 15.3. The normalized spacial score (nSPS) is 21.2. The van der Waals surface area contributed by atoms with Gasteiger partial charge in [0, 0.05) is 19.1 Å². The Balaban J connectivity index is 1.93. The van der Waals surface area contributed by atoms with Crippen molar-refractivity contribution in [3.63, 3.8) is 0 Å². The van der Waals surface area contributed by atoms with Crippen molar-refractivity contribution in [1.82, 2.24) is 10.2 Å². The standard InChI is InChI=1S/C19H29FN2O3/c1-19(2,3)25-18(23)22-11-9-16(17(14-22)24-12-10-20)21-13-15-7-5-4-6-8-15/h4-8,16-17,21H,9-14H2,1-3H3. The number of nitrogens with zero attached hydrogens (tertiary/aromatic N) is 1. The molecule has 5 nitrogen and oxygen atoms in total. The number of hydrogen-bond donors (Lipinski definition) is 1. The summed E-state index contributed by atoms with van der Waals surface area (Å²) in [5.74, 6) is 0. The summed E-state index contributed by atoms with van der Waals surface area (Å²) in [7, 11) is 0. The average molecular weight is 352 g/mol. The molecule has 140 valence electrons. The molecule has 2 atom stereocenters. The molecule has 1 aromatic rings. The molecule has 1 aliphatic heterocycles. The van der Waals surface area contributed by atoms with E-state index in [1.807, 2.05) is 39.0 Å². The largest absolute Gasteiger partial charge is 0.444 e. The van der Waals surface area contributed by atoms with Crippen molar-refractivity contribution in [3.05, 3.63) is 35.9 Å². The third-order valence-electron chi connectivity index (χ3n) is 4.03. The maximum atomic E-state index is 12.6. The number of piperidine rings is 1. The van der Waals surface area contributed by atoms with Crippen molar-refractivity contribution in [3.8, 4) is 0 Å². The van der Waals surface area contributed by atoms with Crippen LogP contribution in [-0.4, -0.2) is 55.1 Å². The Morgan fingerprint density at radius 3 is 2.68 bits per heavy atom. The molecule has 6 heteroatoms. The minimum Gasteiger partial charge on any atom is -0.444 e. The van der Waals surface area contributed by atoms with Gasteiger partial charge in [0.2, 0.25) is 0 Å². The average Bonchev–Trinajstić information content (AvgIpc) is 2.58. The van der Waals surface area contributed by atoms with Crippen LogP contribution >= 0.6 is 0 Å². The summed E-state index contributed by atoms with van der Waals surface area (Å²) in [4.78, 5) is 13.9. The lowest BCUT2D eigenvalue weighted by Crippen LogP contribution is -2.55. The molecule has 1 saturated heterocycles. The van der Waals surface area contributed by atoms with Crippen molar-refractivity contribution in [1.29, 1.82) is 0 Å². The van der Waals surface area contributed by atoms with E-state index in [1.165, 1.54) is 5.56 Å². The van der Waals surface area contributed by atoms with Crippen LogP contribution in [-0.2, 0) is 16.0 Å². The first kappa shape index (κ1) is 19.7. The maximum Gasteiger partial charge on any atom is 0.410 e. The summed E-state index contributed by atoms with van der Waals surface area (Å²) in [6.07, 6.45) is 0.145. The van der Waals surface area contributed by atoms with Gasteiger partial charge in [-0.05, 0) is 32.8 Å². The number of carbonyl (C=O) groups is 1. The van der Waals surface area contributed by atoms with Gasteiger partial charge in [-0.3, -0.25) is 0 Å². The SMILES string of the molecule is CC(C)(C)OC(=O)N1CCC(NCc2ccccc2)C(OCCF)C1. The van der Waals surface area contributed by atoms with Crippen LogP contribution < -0.4 is 5.32 Å². The Kier molecular flexibility index (Phi) is 7.20. The molecule has 1 aromatic carbocycles. The van der Waals surface area contributed by atoms with Crippen LogP contribution in [0.15, 0.2) is 30.3 Å². The second-order valence-corrected chi connectivity index (χ2v) is 7.29. The summed E-state index contributed by atoms with van der Waals surface area (Å²) in [6.45, 7) is 6.75. The zero-order chi connectivity index (χ0) is 18.3. The van der Waals surface area contributed by atoms with Crippen LogP contribution in [0.1, 0.15) is 32.8 Å². The molecule has 1 heterocycles. The number of rotatable bonds is 6. The number of alkyl halides is 1. The molecule has 0 aliphatic carbocycles. The van der Waals surface area contributed by atoms with Gasteiger partial charge in [-0.2, -0.15) is 0 Å². The third-order valence-corrected chi connectivity index (χ3v) is 4.03. The molecule has 1 N–H and O–H groups in total. The van der Waals surface area contributed by atoms with Crippen molar-refractivity contribution >= 4 is 6.09 Å². The number of halogens is 1. The van der Waals surface area contributed by atoms with Crippen LogP contribution in [0, 0.1) is 0 Å². The monoisotopic (exact) mass is 352 g/mol. The molecule has 0 bridgehead atoms. The van der Waals surface area contributed by atoms with Gasteiger partial charge >= 0.3 is 6.09 Å². The predicted octanol–water partition coefficient (Wildman–Crippen LogP) is 3.14. The fourth-order valence-electron chi connectivity index (χ4n) is 2.85.